The van der Waals surface area contributed by atoms with Crippen molar-refractivity contribution >= 4 is 11.9 Å². The molecule has 0 bridgehead atoms. The second-order valence-corrected chi connectivity index (χ2v) is 8.41. The van der Waals surface area contributed by atoms with Crippen LogP contribution in [0, 0.1) is 13.8 Å². The molecule has 0 aliphatic heterocycles. The van der Waals surface area contributed by atoms with Gasteiger partial charge >= 0.3 is 5.97 Å². The minimum absolute atomic E-state index is 0.0238. The van der Waals surface area contributed by atoms with Crippen molar-refractivity contribution in [2.45, 2.75) is 52.6 Å². The van der Waals surface area contributed by atoms with Crippen LogP contribution in [-0.2, 0) is 22.5 Å². The Morgan fingerprint density at radius 3 is 2.59 bits per heavy atom. The topological polar surface area (TPSA) is 60.3 Å². The number of esters is 1. The van der Waals surface area contributed by atoms with Crippen LogP contribution < -0.4 is 5.32 Å². The molecule has 5 heteroatoms. The Bertz CT molecular complexity index is 1130. The monoisotopic (exact) mass is 430 g/mol. The van der Waals surface area contributed by atoms with Crippen LogP contribution in [-0.4, -0.2) is 23.1 Å². The van der Waals surface area contributed by atoms with E-state index in [1.165, 1.54) is 11.1 Å². The Labute approximate surface area is 189 Å². The summed E-state index contributed by atoms with van der Waals surface area (Å²) in [5.74, 6) is -0.423. The van der Waals surface area contributed by atoms with Crippen molar-refractivity contribution in [3.63, 3.8) is 0 Å². The molecule has 1 aliphatic rings. The second kappa shape index (κ2) is 9.43. The largest absolute Gasteiger partial charge is 0.462 e. The highest BCUT2D eigenvalue weighted by Gasteiger charge is 2.24. The summed E-state index contributed by atoms with van der Waals surface area (Å²) in [5, 5.41) is 3.23. The zero-order valence-corrected chi connectivity index (χ0v) is 19.0. The maximum Gasteiger partial charge on any atom is 0.339 e. The maximum atomic E-state index is 13.1. The smallest absolute Gasteiger partial charge is 0.339 e. The van der Waals surface area contributed by atoms with E-state index in [0.29, 0.717) is 12.2 Å². The number of rotatable bonds is 6. The van der Waals surface area contributed by atoms with Gasteiger partial charge in [0.2, 0.25) is 5.91 Å². The molecular formula is C27H30N2O3. The third-order valence-corrected chi connectivity index (χ3v) is 6.22. The van der Waals surface area contributed by atoms with Gasteiger partial charge in [-0.25, -0.2) is 4.79 Å². The molecule has 0 saturated heterocycles. The Kier molecular flexibility index (Phi) is 6.45. The fraction of sp³-hybridized carbons (Fsp3) is 0.333. The van der Waals surface area contributed by atoms with Crippen molar-refractivity contribution in [1.29, 1.82) is 0 Å². The predicted octanol–water partition coefficient (Wildman–Crippen LogP) is 5.14. The van der Waals surface area contributed by atoms with Crippen LogP contribution in [0.4, 0.5) is 0 Å². The minimum Gasteiger partial charge on any atom is -0.462 e. The van der Waals surface area contributed by atoms with E-state index in [0.717, 1.165) is 41.8 Å². The molecule has 4 rings (SSSR count). The molecule has 1 aliphatic carbocycles. The van der Waals surface area contributed by atoms with Gasteiger partial charge in [-0.05, 0) is 62.8 Å². The normalized spacial score (nSPS) is 15.2. The number of amides is 1. The molecule has 1 heterocycles. The fourth-order valence-corrected chi connectivity index (χ4v) is 4.52. The molecule has 0 radical (unpaired) electrons. The lowest BCUT2D eigenvalue weighted by molar-refractivity contribution is -0.122. The van der Waals surface area contributed by atoms with Gasteiger partial charge in [-0.2, -0.15) is 0 Å². The van der Waals surface area contributed by atoms with Crippen LogP contribution >= 0.6 is 0 Å². The van der Waals surface area contributed by atoms with E-state index in [4.69, 9.17) is 4.74 Å². The lowest BCUT2D eigenvalue weighted by atomic mass is 9.88. The van der Waals surface area contributed by atoms with Gasteiger partial charge < -0.3 is 14.6 Å². The van der Waals surface area contributed by atoms with E-state index in [1.807, 2.05) is 54.8 Å². The summed E-state index contributed by atoms with van der Waals surface area (Å²) >= 11 is 0. The van der Waals surface area contributed by atoms with Gasteiger partial charge in [0, 0.05) is 11.4 Å². The van der Waals surface area contributed by atoms with E-state index in [-0.39, 0.29) is 24.5 Å². The Morgan fingerprint density at radius 1 is 1.09 bits per heavy atom. The van der Waals surface area contributed by atoms with Crippen LogP contribution in [0.25, 0.3) is 11.3 Å². The number of benzene rings is 2. The highest BCUT2D eigenvalue weighted by atomic mass is 16.5. The molecule has 5 nitrogen and oxygen atoms in total. The molecular weight excluding hydrogens is 400 g/mol. The first-order valence-electron chi connectivity index (χ1n) is 11.3. The number of hydrogen-bond acceptors (Lipinski definition) is 3. The first kappa shape index (κ1) is 21.9. The van der Waals surface area contributed by atoms with E-state index in [1.54, 1.807) is 6.92 Å². The van der Waals surface area contributed by atoms with E-state index >= 15 is 0 Å². The number of nitrogens with one attached hydrogen (secondary N) is 1. The summed E-state index contributed by atoms with van der Waals surface area (Å²) in [6, 6.07) is 18.3. The molecule has 1 amide bonds. The molecule has 0 fully saturated rings. The summed E-state index contributed by atoms with van der Waals surface area (Å²) in [6.45, 7) is 6.15. The maximum absolute atomic E-state index is 13.1. The summed E-state index contributed by atoms with van der Waals surface area (Å²) in [4.78, 5) is 25.7. The zero-order valence-electron chi connectivity index (χ0n) is 19.0. The van der Waals surface area contributed by atoms with Crippen LogP contribution in [0.5, 0.6) is 0 Å². The number of ether oxygens (including phenoxy) is 1. The molecule has 1 unspecified atom stereocenters. The molecule has 32 heavy (non-hydrogen) atoms. The van der Waals surface area contributed by atoms with Crippen LogP contribution in [0.2, 0.25) is 0 Å². The third-order valence-electron chi connectivity index (χ3n) is 6.22. The van der Waals surface area contributed by atoms with Gasteiger partial charge in [-0.3, -0.25) is 4.79 Å². The van der Waals surface area contributed by atoms with Crippen LogP contribution in [0.1, 0.15) is 58.5 Å². The number of carbonyl (C=O) groups is 2. The summed E-state index contributed by atoms with van der Waals surface area (Å²) in [5.41, 5.74) is 6.71. The van der Waals surface area contributed by atoms with Gasteiger partial charge in [0.05, 0.1) is 18.2 Å². The quantitative estimate of drug-likeness (QED) is 0.551. The number of nitrogens with zero attached hydrogens (tertiary/aromatic N) is 1. The Balaban J connectivity index is 1.63. The standard InChI is InChI=1S/C27H30N2O3/c1-4-32-27(31)23-16-25(21-14-12-18(2)13-15-21)29(19(23)3)17-26(30)28-24-11-7-9-20-8-5-6-10-22(20)24/h5-6,8,10,12-16,24H,4,7,9,11,17H2,1-3H3,(H,28,30). The molecule has 1 N–H and O–H groups in total. The molecule has 2 aromatic carbocycles. The first-order chi connectivity index (χ1) is 15.5. The molecule has 1 atom stereocenters. The van der Waals surface area contributed by atoms with Crippen molar-refractivity contribution in [2.24, 2.45) is 0 Å². The molecule has 0 spiro atoms. The van der Waals surface area contributed by atoms with Gasteiger partial charge in [0.1, 0.15) is 6.54 Å². The van der Waals surface area contributed by atoms with E-state index in [9.17, 15) is 9.59 Å². The van der Waals surface area contributed by atoms with Crippen LogP contribution in [0.3, 0.4) is 0 Å². The van der Waals surface area contributed by atoms with E-state index in [2.05, 4.69) is 23.5 Å². The number of aryl methyl sites for hydroxylation is 2. The lowest BCUT2D eigenvalue weighted by Gasteiger charge is -2.26. The van der Waals surface area contributed by atoms with Gasteiger partial charge in [0.15, 0.2) is 0 Å². The number of carbonyl (C=O) groups excluding carboxylic acids is 2. The van der Waals surface area contributed by atoms with E-state index < -0.39 is 0 Å². The van der Waals surface area contributed by atoms with Crippen molar-refractivity contribution in [2.75, 3.05) is 6.61 Å². The summed E-state index contributed by atoms with van der Waals surface area (Å²) < 4.78 is 7.16. The number of fused-ring (bicyclic) bond motifs is 1. The minimum atomic E-state index is -0.362. The SMILES string of the molecule is CCOC(=O)c1cc(-c2ccc(C)cc2)n(CC(=O)NC2CCCc3ccccc32)c1C. The highest BCUT2D eigenvalue weighted by molar-refractivity contribution is 5.93. The average Bonchev–Trinajstić information content (AvgIpc) is 3.11. The second-order valence-electron chi connectivity index (χ2n) is 8.41. The first-order valence-corrected chi connectivity index (χ1v) is 11.3. The van der Waals surface area contributed by atoms with Crippen molar-refractivity contribution in [1.82, 2.24) is 9.88 Å². The highest BCUT2D eigenvalue weighted by Crippen LogP contribution is 2.30. The molecule has 3 aromatic rings. The zero-order chi connectivity index (χ0) is 22.7. The predicted molar refractivity (Wildman–Crippen MR) is 126 cm³/mol. The molecule has 1 aromatic heterocycles. The summed E-state index contributed by atoms with van der Waals surface area (Å²) in [6.07, 6.45) is 3.05. The number of hydrogen-bond donors (Lipinski definition) is 1. The third kappa shape index (κ3) is 4.47. The van der Waals surface area contributed by atoms with Crippen molar-refractivity contribution < 1.29 is 14.3 Å². The van der Waals surface area contributed by atoms with Crippen LogP contribution in [0.15, 0.2) is 54.6 Å². The van der Waals surface area contributed by atoms with Gasteiger partial charge in [0.25, 0.3) is 0 Å². The Morgan fingerprint density at radius 2 is 1.84 bits per heavy atom. The number of aromatic nitrogens is 1. The summed E-state index contributed by atoms with van der Waals surface area (Å²) in [7, 11) is 0. The molecule has 0 saturated carbocycles. The Hall–Kier alpha value is -3.34. The van der Waals surface area contributed by atoms with Crippen molar-refractivity contribution in [3.8, 4) is 11.3 Å². The van der Waals surface area contributed by atoms with Crippen molar-refractivity contribution in [3.05, 3.63) is 82.5 Å². The fourth-order valence-electron chi connectivity index (χ4n) is 4.52. The average molecular weight is 431 g/mol. The van der Waals surface area contributed by atoms with Gasteiger partial charge in [-0.1, -0.05) is 54.1 Å². The molecule has 166 valence electrons. The lowest BCUT2D eigenvalue weighted by Crippen LogP contribution is -2.33. The van der Waals surface area contributed by atoms with Gasteiger partial charge in [-0.15, -0.1) is 0 Å².